The predicted molar refractivity (Wildman–Crippen MR) is 158 cm³/mol. The van der Waals surface area contributed by atoms with Crippen molar-refractivity contribution in [3.63, 3.8) is 0 Å². The quantitative estimate of drug-likeness (QED) is 0.212. The number of fused-ring (bicyclic) bond motifs is 6. The van der Waals surface area contributed by atoms with Gasteiger partial charge in [-0.2, -0.15) is 0 Å². The first kappa shape index (κ1) is 22.2. The molecule has 0 amide bonds. The molecule has 8 aromatic rings. The van der Waals surface area contributed by atoms with E-state index in [4.69, 9.17) is 23.8 Å². The second kappa shape index (κ2) is 8.61. The topological polar surface area (TPSA) is 65.0 Å². The fourth-order valence-corrected chi connectivity index (χ4v) is 5.70. The molecule has 0 radical (unpaired) electrons. The van der Waals surface area contributed by atoms with Gasteiger partial charge in [-0.05, 0) is 40.2 Å². The first-order chi connectivity index (χ1) is 19.2. The van der Waals surface area contributed by atoms with Crippen LogP contribution >= 0.6 is 15.9 Å². The minimum Gasteiger partial charge on any atom is -0.456 e. The zero-order valence-corrected chi connectivity index (χ0v) is 22.0. The average molecular weight is 568 g/mol. The van der Waals surface area contributed by atoms with Crippen molar-refractivity contribution in [3.05, 3.63) is 114 Å². The molecule has 0 aliphatic rings. The third kappa shape index (κ3) is 3.49. The van der Waals surface area contributed by atoms with Crippen molar-refractivity contribution in [2.45, 2.75) is 0 Å². The smallest absolute Gasteiger partial charge is 0.167 e. The molecule has 0 saturated carbocycles. The van der Waals surface area contributed by atoms with Crippen LogP contribution in [0.25, 0.3) is 78.0 Å². The number of aromatic nitrogens is 3. The molecular weight excluding hydrogens is 550 g/mol. The lowest BCUT2D eigenvalue weighted by Crippen LogP contribution is -2.00. The standard InChI is InChI=1S/C33H18BrN3O2/c34-25-16-7-13-21-20-12-6-15-24(29(20)39-30(21)25)33-36-31(19-9-2-1-3-10-19)35-32(37-33)23-14-8-18-27-28(23)22-11-4-5-17-26(22)38-27/h1-18H. The van der Waals surface area contributed by atoms with Crippen LogP contribution in [-0.2, 0) is 0 Å². The summed E-state index contributed by atoms with van der Waals surface area (Å²) in [5, 5.41) is 4.05. The fourth-order valence-electron chi connectivity index (χ4n) is 5.26. The summed E-state index contributed by atoms with van der Waals surface area (Å²) >= 11 is 3.64. The van der Waals surface area contributed by atoms with Crippen LogP contribution in [0.15, 0.2) is 123 Å². The van der Waals surface area contributed by atoms with Crippen LogP contribution in [0.3, 0.4) is 0 Å². The fraction of sp³-hybridized carbons (Fsp3) is 0. The minimum absolute atomic E-state index is 0.546. The summed E-state index contributed by atoms with van der Waals surface area (Å²) in [6.07, 6.45) is 0. The van der Waals surface area contributed by atoms with Gasteiger partial charge in [-0.15, -0.1) is 0 Å². The Labute approximate surface area is 230 Å². The van der Waals surface area contributed by atoms with Crippen LogP contribution < -0.4 is 0 Å². The highest BCUT2D eigenvalue weighted by atomic mass is 79.9. The van der Waals surface area contributed by atoms with Crippen molar-refractivity contribution >= 4 is 59.8 Å². The number of rotatable bonds is 3. The Morgan fingerprint density at radius 2 is 1.08 bits per heavy atom. The summed E-state index contributed by atoms with van der Waals surface area (Å²) in [5.41, 5.74) is 5.76. The monoisotopic (exact) mass is 567 g/mol. The maximum Gasteiger partial charge on any atom is 0.167 e. The van der Waals surface area contributed by atoms with Gasteiger partial charge in [0.2, 0.25) is 0 Å². The summed E-state index contributed by atoms with van der Waals surface area (Å²) < 4.78 is 13.5. The van der Waals surface area contributed by atoms with E-state index in [0.29, 0.717) is 17.5 Å². The van der Waals surface area contributed by atoms with Crippen LogP contribution in [-0.4, -0.2) is 15.0 Å². The zero-order valence-electron chi connectivity index (χ0n) is 20.4. The highest BCUT2D eigenvalue weighted by Gasteiger charge is 2.20. The molecule has 0 aliphatic carbocycles. The van der Waals surface area contributed by atoms with E-state index >= 15 is 0 Å². The zero-order chi connectivity index (χ0) is 25.9. The van der Waals surface area contributed by atoms with Crippen molar-refractivity contribution in [2.24, 2.45) is 0 Å². The molecule has 0 atom stereocenters. The van der Waals surface area contributed by atoms with E-state index in [-0.39, 0.29) is 0 Å². The van der Waals surface area contributed by atoms with Gasteiger partial charge in [-0.1, -0.05) is 84.9 Å². The second-order valence-electron chi connectivity index (χ2n) is 9.35. The summed E-state index contributed by atoms with van der Waals surface area (Å²) in [6.45, 7) is 0. The van der Waals surface area contributed by atoms with Crippen LogP contribution in [0.1, 0.15) is 0 Å². The molecule has 0 unspecified atom stereocenters. The Kier molecular flexibility index (Phi) is 4.90. The van der Waals surface area contributed by atoms with Crippen LogP contribution in [0.4, 0.5) is 0 Å². The number of hydrogen-bond donors (Lipinski definition) is 0. The van der Waals surface area contributed by atoms with Crippen molar-refractivity contribution < 1.29 is 8.83 Å². The van der Waals surface area contributed by atoms with Crippen molar-refractivity contribution in [3.8, 4) is 34.2 Å². The van der Waals surface area contributed by atoms with Gasteiger partial charge >= 0.3 is 0 Å². The molecule has 8 rings (SSSR count). The molecule has 0 bridgehead atoms. The average Bonchev–Trinajstić information content (AvgIpc) is 3.57. The molecule has 0 fully saturated rings. The lowest BCUT2D eigenvalue weighted by molar-refractivity contribution is 0.667. The molecule has 0 N–H and O–H groups in total. The van der Waals surface area contributed by atoms with E-state index in [1.807, 2.05) is 91.0 Å². The Morgan fingerprint density at radius 3 is 1.95 bits per heavy atom. The van der Waals surface area contributed by atoms with E-state index in [9.17, 15) is 0 Å². The van der Waals surface area contributed by atoms with Crippen molar-refractivity contribution in [1.82, 2.24) is 15.0 Å². The van der Waals surface area contributed by atoms with Gasteiger partial charge in [-0.3, -0.25) is 0 Å². The molecule has 0 saturated heterocycles. The minimum atomic E-state index is 0.546. The highest BCUT2D eigenvalue weighted by molar-refractivity contribution is 9.10. The molecule has 6 heteroatoms. The number of nitrogens with zero attached hydrogens (tertiary/aromatic N) is 3. The maximum absolute atomic E-state index is 6.41. The number of hydrogen-bond acceptors (Lipinski definition) is 5. The summed E-state index contributed by atoms with van der Waals surface area (Å²) in [5.74, 6) is 1.71. The molecule has 3 heterocycles. The first-order valence-corrected chi connectivity index (χ1v) is 13.4. The molecular formula is C33H18BrN3O2. The third-order valence-corrected chi connectivity index (χ3v) is 7.65. The van der Waals surface area contributed by atoms with Gasteiger partial charge in [0, 0.05) is 32.7 Å². The van der Waals surface area contributed by atoms with E-state index in [2.05, 4.69) is 34.1 Å². The lowest BCUT2D eigenvalue weighted by Gasteiger charge is -2.09. The molecule has 0 spiro atoms. The van der Waals surface area contributed by atoms with Gasteiger partial charge in [0.1, 0.15) is 22.3 Å². The number of benzene rings is 5. The first-order valence-electron chi connectivity index (χ1n) is 12.6. The summed E-state index contributed by atoms with van der Waals surface area (Å²) in [6, 6.07) is 36.1. The Balaban J connectivity index is 1.44. The van der Waals surface area contributed by atoms with Gasteiger partial charge in [-0.25, -0.2) is 15.0 Å². The second-order valence-corrected chi connectivity index (χ2v) is 10.2. The molecule has 39 heavy (non-hydrogen) atoms. The Bertz CT molecular complexity index is 2200. The Morgan fingerprint density at radius 1 is 0.462 bits per heavy atom. The van der Waals surface area contributed by atoms with Crippen LogP contribution in [0.5, 0.6) is 0 Å². The number of halogens is 1. The molecule has 5 nitrogen and oxygen atoms in total. The third-order valence-electron chi connectivity index (χ3n) is 7.03. The maximum atomic E-state index is 6.41. The van der Waals surface area contributed by atoms with E-state index < -0.39 is 0 Å². The van der Waals surface area contributed by atoms with E-state index in [0.717, 1.165) is 65.0 Å². The van der Waals surface area contributed by atoms with Gasteiger partial charge < -0.3 is 8.83 Å². The molecule has 3 aromatic heterocycles. The SMILES string of the molecule is Brc1cccc2c1oc1c(-c3nc(-c4ccccc4)nc(-c4cccc5oc6ccccc6c45)n3)cccc12. The van der Waals surface area contributed by atoms with Crippen molar-refractivity contribution in [2.75, 3.05) is 0 Å². The molecule has 0 aliphatic heterocycles. The predicted octanol–water partition coefficient (Wildman–Crippen LogP) is 9.43. The largest absolute Gasteiger partial charge is 0.456 e. The molecule has 184 valence electrons. The van der Waals surface area contributed by atoms with E-state index in [1.165, 1.54) is 0 Å². The number of furan rings is 2. The lowest BCUT2D eigenvalue weighted by atomic mass is 10.0. The van der Waals surface area contributed by atoms with Crippen LogP contribution in [0, 0.1) is 0 Å². The van der Waals surface area contributed by atoms with Gasteiger partial charge in [0.15, 0.2) is 17.5 Å². The van der Waals surface area contributed by atoms with Gasteiger partial charge in [0.25, 0.3) is 0 Å². The molecule has 5 aromatic carbocycles. The van der Waals surface area contributed by atoms with Crippen LogP contribution in [0.2, 0.25) is 0 Å². The summed E-state index contributed by atoms with van der Waals surface area (Å²) in [4.78, 5) is 15.0. The normalized spacial score (nSPS) is 11.7. The van der Waals surface area contributed by atoms with E-state index in [1.54, 1.807) is 0 Å². The summed E-state index contributed by atoms with van der Waals surface area (Å²) in [7, 11) is 0. The highest BCUT2D eigenvalue weighted by Crippen LogP contribution is 2.39. The Hall–Kier alpha value is -4.81. The van der Waals surface area contributed by atoms with Crippen molar-refractivity contribution in [1.29, 1.82) is 0 Å². The van der Waals surface area contributed by atoms with Gasteiger partial charge in [0.05, 0.1) is 10.0 Å². The number of para-hydroxylation sites is 3.